The molecule has 0 atom stereocenters. The molecule has 0 unspecified atom stereocenters. The number of hydrogen-bond acceptors (Lipinski definition) is 3. The molecule has 1 aromatic carbocycles. The molecule has 20 heavy (non-hydrogen) atoms. The molecule has 112 valence electrons. The molecule has 0 aromatic heterocycles. The van der Waals surface area contributed by atoms with Crippen molar-refractivity contribution < 1.29 is 19.4 Å². The van der Waals surface area contributed by atoms with Gasteiger partial charge in [-0.05, 0) is 36.5 Å². The average Bonchev–Trinajstić information content (AvgIpc) is 2.28. The van der Waals surface area contributed by atoms with Crippen molar-refractivity contribution in [3.8, 4) is 5.75 Å². The number of rotatable bonds is 4. The molecule has 4 nitrogen and oxygen atoms in total. The SMILES string of the molecule is CC(=O)Oc1cc(C)ccc1C(C)C.CCCC(=O)O. The first-order valence-corrected chi connectivity index (χ1v) is 6.78. The first-order chi connectivity index (χ1) is 9.27. The highest BCUT2D eigenvalue weighted by atomic mass is 16.5. The molecule has 0 fully saturated rings. The number of ether oxygens (including phenoxy) is 1. The summed E-state index contributed by atoms with van der Waals surface area (Å²) in [5, 5.41) is 7.91. The lowest BCUT2D eigenvalue weighted by molar-refractivity contribution is -0.137. The van der Waals surface area contributed by atoms with Crippen LogP contribution in [0.4, 0.5) is 0 Å². The Hall–Kier alpha value is -1.84. The van der Waals surface area contributed by atoms with Crippen LogP contribution in [-0.4, -0.2) is 17.0 Å². The zero-order valence-electron chi connectivity index (χ0n) is 12.9. The molecule has 1 rings (SSSR count). The van der Waals surface area contributed by atoms with Gasteiger partial charge in [-0.25, -0.2) is 0 Å². The Morgan fingerprint density at radius 1 is 1.30 bits per heavy atom. The van der Waals surface area contributed by atoms with Crippen molar-refractivity contribution >= 4 is 11.9 Å². The highest BCUT2D eigenvalue weighted by molar-refractivity contribution is 5.70. The number of benzene rings is 1. The average molecular weight is 280 g/mol. The number of carbonyl (C=O) groups is 2. The molecule has 1 N–H and O–H groups in total. The lowest BCUT2D eigenvalue weighted by Gasteiger charge is -2.12. The quantitative estimate of drug-likeness (QED) is 0.670. The fourth-order valence-electron chi connectivity index (χ4n) is 1.58. The monoisotopic (exact) mass is 280 g/mol. The molecule has 4 heteroatoms. The van der Waals surface area contributed by atoms with E-state index in [0.29, 0.717) is 18.1 Å². The number of hydrogen-bond donors (Lipinski definition) is 1. The van der Waals surface area contributed by atoms with Crippen LogP contribution in [0, 0.1) is 6.92 Å². The number of carboxylic acids is 1. The van der Waals surface area contributed by atoms with E-state index in [9.17, 15) is 9.59 Å². The molecule has 0 bridgehead atoms. The van der Waals surface area contributed by atoms with Crippen LogP contribution in [0.2, 0.25) is 0 Å². The van der Waals surface area contributed by atoms with Gasteiger partial charge in [0.15, 0.2) is 0 Å². The highest BCUT2D eigenvalue weighted by Crippen LogP contribution is 2.27. The van der Waals surface area contributed by atoms with Gasteiger partial charge in [-0.15, -0.1) is 0 Å². The van der Waals surface area contributed by atoms with Crippen molar-refractivity contribution in [1.29, 1.82) is 0 Å². The standard InChI is InChI=1S/C12H16O2.C4H8O2/c1-8(2)11-6-5-9(3)7-12(11)14-10(4)13;1-2-3-4(5)6/h5-8H,1-4H3;2-3H2,1H3,(H,5,6). The minimum Gasteiger partial charge on any atom is -0.481 e. The van der Waals surface area contributed by atoms with E-state index in [0.717, 1.165) is 17.5 Å². The second kappa shape index (κ2) is 9.13. The van der Waals surface area contributed by atoms with Gasteiger partial charge in [-0.2, -0.15) is 0 Å². The number of carbonyl (C=O) groups excluding carboxylic acids is 1. The largest absolute Gasteiger partial charge is 0.481 e. The molecular formula is C16H24O4. The van der Waals surface area contributed by atoms with Crippen molar-refractivity contribution in [2.24, 2.45) is 0 Å². The molecule has 0 saturated heterocycles. The van der Waals surface area contributed by atoms with Crippen LogP contribution >= 0.6 is 0 Å². The van der Waals surface area contributed by atoms with E-state index in [1.54, 1.807) is 0 Å². The second-order valence-electron chi connectivity index (χ2n) is 4.93. The number of carboxylic acid groups (broad SMARTS) is 1. The van der Waals surface area contributed by atoms with Crippen LogP contribution in [0.5, 0.6) is 5.75 Å². The van der Waals surface area contributed by atoms with Crippen molar-refractivity contribution in [3.05, 3.63) is 29.3 Å². The Morgan fingerprint density at radius 3 is 2.25 bits per heavy atom. The van der Waals surface area contributed by atoms with Crippen LogP contribution in [0.1, 0.15) is 57.6 Å². The van der Waals surface area contributed by atoms with E-state index in [1.165, 1.54) is 6.92 Å². The van der Waals surface area contributed by atoms with Crippen LogP contribution in [0.3, 0.4) is 0 Å². The van der Waals surface area contributed by atoms with Crippen LogP contribution in [0.25, 0.3) is 0 Å². The fraction of sp³-hybridized carbons (Fsp3) is 0.500. The summed E-state index contributed by atoms with van der Waals surface area (Å²) in [6, 6.07) is 5.94. The summed E-state index contributed by atoms with van der Waals surface area (Å²) in [6.07, 6.45) is 1.02. The van der Waals surface area contributed by atoms with Crippen LogP contribution < -0.4 is 4.74 Å². The Kier molecular flexibility index (Phi) is 8.29. The van der Waals surface area contributed by atoms with Gasteiger partial charge < -0.3 is 9.84 Å². The van der Waals surface area contributed by atoms with E-state index in [4.69, 9.17) is 9.84 Å². The summed E-state index contributed by atoms with van der Waals surface area (Å²) < 4.78 is 5.15. The highest BCUT2D eigenvalue weighted by Gasteiger charge is 2.09. The third kappa shape index (κ3) is 7.56. The van der Waals surface area contributed by atoms with Gasteiger partial charge in [0.05, 0.1) is 0 Å². The summed E-state index contributed by atoms with van der Waals surface area (Å²) in [6.45, 7) is 9.41. The molecule has 0 aliphatic rings. The minimum absolute atomic E-state index is 0.266. The Bertz CT molecular complexity index is 450. The lowest BCUT2D eigenvalue weighted by Crippen LogP contribution is -2.05. The maximum Gasteiger partial charge on any atom is 0.308 e. The van der Waals surface area contributed by atoms with E-state index >= 15 is 0 Å². The van der Waals surface area contributed by atoms with E-state index in [-0.39, 0.29) is 5.97 Å². The zero-order chi connectivity index (χ0) is 15.7. The van der Waals surface area contributed by atoms with Gasteiger partial charge in [0.2, 0.25) is 0 Å². The molecular weight excluding hydrogens is 256 g/mol. The van der Waals surface area contributed by atoms with Crippen molar-refractivity contribution in [1.82, 2.24) is 0 Å². The van der Waals surface area contributed by atoms with Gasteiger partial charge in [0.25, 0.3) is 0 Å². The van der Waals surface area contributed by atoms with Gasteiger partial charge in [0.1, 0.15) is 5.75 Å². The first kappa shape index (κ1) is 18.2. The predicted octanol–water partition coefficient (Wildman–Crippen LogP) is 3.91. The van der Waals surface area contributed by atoms with Crippen LogP contribution in [0.15, 0.2) is 18.2 Å². The summed E-state index contributed by atoms with van der Waals surface area (Å²) in [7, 11) is 0. The van der Waals surface area contributed by atoms with Gasteiger partial charge in [-0.1, -0.05) is 32.9 Å². The Morgan fingerprint density at radius 2 is 1.90 bits per heavy atom. The maximum atomic E-state index is 10.9. The van der Waals surface area contributed by atoms with E-state index < -0.39 is 5.97 Å². The number of aryl methyl sites for hydroxylation is 1. The van der Waals surface area contributed by atoms with Crippen molar-refractivity contribution in [3.63, 3.8) is 0 Å². The van der Waals surface area contributed by atoms with Crippen LogP contribution in [-0.2, 0) is 9.59 Å². The fourth-order valence-corrected chi connectivity index (χ4v) is 1.58. The topological polar surface area (TPSA) is 63.6 Å². The van der Waals surface area contributed by atoms with E-state index in [2.05, 4.69) is 13.8 Å². The third-order valence-corrected chi connectivity index (χ3v) is 2.51. The third-order valence-electron chi connectivity index (χ3n) is 2.51. The summed E-state index contributed by atoms with van der Waals surface area (Å²) in [4.78, 5) is 20.5. The molecule has 0 heterocycles. The summed E-state index contributed by atoms with van der Waals surface area (Å²) in [5.41, 5.74) is 2.18. The van der Waals surface area contributed by atoms with Crippen molar-refractivity contribution in [2.75, 3.05) is 0 Å². The van der Waals surface area contributed by atoms with Crippen molar-refractivity contribution in [2.45, 2.75) is 53.4 Å². The summed E-state index contributed by atoms with van der Waals surface area (Å²) >= 11 is 0. The first-order valence-electron chi connectivity index (χ1n) is 6.78. The normalized spacial score (nSPS) is 9.70. The predicted molar refractivity (Wildman–Crippen MR) is 79.1 cm³/mol. The number of esters is 1. The maximum absolute atomic E-state index is 10.9. The zero-order valence-corrected chi connectivity index (χ0v) is 12.9. The minimum atomic E-state index is -0.711. The lowest BCUT2D eigenvalue weighted by atomic mass is 10.0. The summed E-state index contributed by atoms with van der Waals surface area (Å²) in [5.74, 6) is 0.0763. The molecule has 0 aliphatic carbocycles. The van der Waals surface area contributed by atoms with Gasteiger partial charge in [0, 0.05) is 13.3 Å². The molecule has 0 aliphatic heterocycles. The Balaban J connectivity index is 0.000000511. The number of aliphatic carboxylic acids is 1. The molecule has 0 amide bonds. The van der Waals surface area contributed by atoms with Gasteiger partial charge >= 0.3 is 11.9 Å². The molecule has 0 saturated carbocycles. The molecule has 0 radical (unpaired) electrons. The van der Waals surface area contributed by atoms with E-state index in [1.807, 2.05) is 32.0 Å². The van der Waals surface area contributed by atoms with Gasteiger partial charge in [-0.3, -0.25) is 9.59 Å². The second-order valence-corrected chi connectivity index (χ2v) is 4.93. The molecule has 0 spiro atoms. The molecule has 1 aromatic rings. The smallest absolute Gasteiger partial charge is 0.308 e. The Labute approximate surface area is 120 Å².